The molecule has 0 bridgehead atoms. The molecule has 0 amide bonds. The number of rotatable bonds is 5. The Hall–Kier alpha value is -1.92. The minimum Gasteiger partial charge on any atom is -0.390 e. The van der Waals surface area contributed by atoms with E-state index in [-0.39, 0.29) is 12.4 Å². The van der Waals surface area contributed by atoms with Crippen LogP contribution in [-0.4, -0.2) is 36.7 Å². The highest BCUT2D eigenvalue weighted by Gasteiger charge is 2.24. The summed E-state index contributed by atoms with van der Waals surface area (Å²) in [5.74, 6) is 0.0968. The summed E-state index contributed by atoms with van der Waals surface area (Å²) in [7, 11) is 1.98. The molecule has 6 nitrogen and oxygen atoms in total. The number of aliphatic hydroxyl groups is 1. The Morgan fingerprint density at radius 3 is 2.83 bits per heavy atom. The van der Waals surface area contributed by atoms with Crippen LogP contribution in [-0.2, 0) is 39.7 Å². The Morgan fingerprint density at radius 2 is 2.22 bits per heavy atom. The van der Waals surface area contributed by atoms with Gasteiger partial charge in [-0.2, -0.15) is 5.10 Å². The minimum atomic E-state index is -0.0121. The van der Waals surface area contributed by atoms with Gasteiger partial charge >= 0.3 is 0 Å². The highest BCUT2D eigenvalue weighted by molar-refractivity contribution is 5.94. The van der Waals surface area contributed by atoms with Crippen LogP contribution in [0.3, 0.4) is 0 Å². The third-order valence-corrected chi connectivity index (χ3v) is 4.65. The van der Waals surface area contributed by atoms with Gasteiger partial charge in [-0.1, -0.05) is 0 Å². The number of aromatic nitrogens is 3. The van der Waals surface area contributed by atoms with E-state index in [0.717, 1.165) is 49.6 Å². The van der Waals surface area contributed by atoms with Crippen LogP contribution in [0.2, 0.25) is 0 Å². The minimum absolute atomic E-state index is 0.0121. The molecule has 0 spiro atoms. The van der Waals surface area contributed by atoms with Gasteiger partial charge < -0.3 is 9.67 Å². The standard InChI is InChI=1S/C17H24N4O2/c1-4-21-17-5-6-20(10-15(17)16(11-22)18-21)9-14-7-13(12(2)23)8-19(14)3/h7-8,22H,4-6,9-11H2,1-3H3. The van der Waals surface area contributed by atoms with Gasteiger partial charge in [0.05, 0.1) is 12.3 Å². The van der Waals surface area contributed by atoms with Crippen molar-refractivity contribution in [3.63, 3.8) is 0 Å². The van der Waals surface area contributed by atoms with Crippen LogP contribution in [0.25, 0.3) is 0 Å². The van der Waals surface area contributed by atoms with Crippen molar-refractivity contribution in [2.45, 2.75) is 46.5 Å². The van der Waals surface area contributed by atoms with Gasteiger partial charge in [0, 0.05) is 68.4 Å². The first-order valence-electron chi connectivity index (χ1n) is 8.10. The van der Waals surface area contributed by atoms with Gasteiger partial charge in [-0.15, -0.1) is 0 Å². The summed E-state index contributed by atoms with van der Waals surface area (Å²) < 4.78 is 4.03. The molecule has 1 aliphatic rings. The van der Waals surface area contributed by atoms with Crippen LogP contribution >= 0.6 is 0 Å². The van der Waals surface area contributed by atoms with Gasteiger partial charge in [0.1, 0.15) is 0 Å². The maximum atomic E-state index is 11.5. The molecule has 0 radical (unpaired) electrons. The molecule has 0 unspecified atom stereocenters. The summed E-state index contributed by atoms with van der Waals surface area (Å²) in [5.41, 5.74) is 5.11. The van der Waals surface area contributed by atoms with Gasteiger partial charge in [0.15, 0.2) is 5.78 Å². The van der Waals surface area contributed by atoms with Crippen molar-refractivity contribution in [2.75, 3.05) is 6.54 Å². The van der Waals surface area contributed by atoms with E-state index in [1.807, 2.05) is 28.6 Å². The van der Waals surface area contributed by atoms with Crippen molar-refractivity contribution < 1.29 is 9.90 Å². The predicted octanol–water partition coefficient (Wildman–Crippen LogP) is 1.49. The first-order valence-corrected chi connectivity index (χ1v) is 8.10. The number of Topliss-reactive ketones (excluding diaryl/α,β-unsaturated/α-hetero) is 1. The van der Waals surface area contributed by atoms with Crippen LogP contribution in [0.15, 0.2) is 12.3 Å². The zero-order valence-corrected chi connectivity index (χ0v) is 14.0. The normalized spacial score (nSPS) is 15.0. The summed E-state index contributed by atoms with van der Waals surface area (Å²) >= 11 is 0. The van der Waals surface area contributed by atoms with Gasteiger partial charge in [0.25, 0.3) is 0 Å². The Kier molecular flexibility index (Phi) is 4.37. The van der Waals surface area contributed by atoms with Gasteiger partial charge in [-0.25, -0.2) is 0 Å². The molecule has 3 rings (SSSR count). The number of carbonyl (C=O) groups is 1. The molecule has 124 valence electrons. The Balaban J connectivity index is 1.80. The second-order valence-corrected chi connectivity index (χ2v) is 6.19. The van der Waals surface area contributed by atoms with E-state index in [4.69, 9.17) is 0 Å². The molecule has 0 aromatic carbocycles. The van der Waals surface area contributed by atoms with Crippen molar-refractivity contribution >= 4 is 5.78 Å². The van der Waals surface area contributed by atoms with E-state index in [1.54, 1.807) is 6.92 Å². The van der Waals surface area contributed by atoms with Crippen LogP contribution in [0.1, 0.15) is 46.9 Å². The van der Waals surface area contributed by atoms with Crippen LogP contribution in [0, 0.1) is 0 Å². The zero-order chi connectivity index (χ0) is 16.6. The molecular weight excluding hydrogens is 292 g/mol. The smallest absolute Gasteiger partial charge is 0.161 e. The van der Waals surface area contributed by atoms with Gasteiger partial charge in [-0.3, -0.25) is 14.4 Å². The topological polar surface area (TPSA) is 63.3 Å². The molecule has 0 aliphatic carbocycles. The Labute approximate surface area is 136 Å². The summed E-state index contributed by atoms with van der Waals surface area (Å²) in [5, 5.41) is 14.1. The molecule has 2 aromatic rings. The number of aryl methyl sites for hydroxylation is 2. The molecule has 23 heavy (non-hydrogen) atoms. The summed E-state index contributed by atoms with van der Waals surface area (Å²) in [6.45, 7) is 7.05. The fourth-order valence-electron chi connectivity index (χ4n) is 3.33. The van der Waals surface area contributed by atoms with E-state index < -0.39 is 0 Å². The van der Waals surface area contributed by atoms with E-state index in [2.05, 4.69) is 16.9 Å². The summed E-state index contributed by atoms with van der Waals surface area (Å²) in [4.78, 5) is 13.9. The second kappa shape index (κ2) is 6.29. The first-order chi connectivity index (χ1) is 11.0. The highest BCUT2D eigenvalue weighted by Crippen LogP contribution is 2.24. The van der Waals surface area contributed by atoms with Crippen LogP contribution in [0.4, 0.5) is 0 Å². The third kappa shape index (κ3) is 2.96. The van der Waals surface area contributed by atoms with E-state index >= 15 is 0 Å². The average Bonchev–Trinajstić information content (AvgIpc) is 3.08. The molecular formula is C17H24N4O2. The largest absolute Gasteiger partial charge is 0.390 e. The third-order valence-electron chi connectivity index (χ3n) is 4.65. The van der Waals surface area contributed by atoms with E-state index in [0.29, 0.717) is 0 Å². The lowest BCUT2D eigenvalue weighted by atomic mass is 10.0. The number of hydrogen-bond acceptors (Lipinski definition) is 4. The zero-order valence-electron chi connectivity index (χ0n) is 14.0. The first kappa shape index (κ1) is 16.0. The van der Waals surface area contributed by atoms with Gasteiger partial charge in [0.2, 0.25) is 0 Å². The fourth-order valence-corrected chi connectivity index (χ4v) is 3.33. The second-order valence-electron chi connectivity index (χ2n) is 6.19. The lowest BCUT2D eigenvalue weighted by Gasteiger charge is -2.27. The summed E-state index contributed by atoms with van der Waals surface area (Å²) in [6.07, 6.45) is 2.83. The van der Waals surface area contributed by atoms with Crippen LogP contribution < -0.4 is 0 Å². The average molecular weight is 316 g/mol. The van der Waals surface area contributed by atoms with Crippen molar-refractivity contribution in [3.05, 3.63) is 40.5 Å². The fraction of sp³-hybridized carbons (Fsp3) is 0.529. The monoisotopic (exact) mass is 316 g/mol. The van der Waals surface area contributed by atoms with Crippen LogP contribution in [0.5, 0.6) is 0 Å². The van der Waals surface area contributed by atoms with Gasteiger partial charge in [-0.05, 0) is 19.9 Å². The molecule has 0 atom stereocenters. The lowest BCUT2D eigenvalue weighted by Crippen LogP contribution is -2.31. The van der Waals surface area contributed by atoms with Crippen molar-refractivity contribution in [2.24, 2.45) is 7.05 Å². The molecule has 3 heterocycles. The number of fused-ring (bicyclic) bond motifs is 1. The maximum absolute atomic E-state index is 11.5. The number of ketones is 1. The molecule has 1 aliphatic heterocycles. The quantitative estimate of drug-likeness (QED) is 0.849. The molecule has 0 fully saturated rings. The lowest BCUT2D eigenvalue weighted by molar-refractivity contribution is 0.101. The molecule has 0 saturated carbocycles. The summed E-state index contributed by atoms with van der Waals surface area (Å²) in [6, 6.07) is 1.97. The van der Waals surface area contributed by atoms with E-state index in [9.17, 15) is 9.90 Å². The Bertz CT molecular complexity index is 729. The number of hydrogen-bond donors (Lipinski definition) is 1. The van der Waals surface area contributed by atoms with Crippen molar-refractivity contribution in [3.8, 4) is 0 Å². The highest BCUT2D eigenvalue weighted by atomic mass is 16.3. The van der Waals surface area contributed by atoms with E-state index in [1.165, 1.54) is 11.3 Å². The maximum Gasteiger partial charge on any atom is 0.161 e. The molecule has 6 heteroatoms. The Morgan fingerprint density at radius 1 is 1.43 bits per heavy atom. The predicted molar refractivity (Wildman–Crippen MR) is 87.1 cm³/mol. The number of nitrogens with zero attached hydrogens (tertiary/aromatic N) is 4. The molecule has 0 saturated heterocycles. The SMILES string of the molecule is CCn1nc(CO)c2c1CCN(Cc1cc(C(C)=O)cn1C)C2. The number of aliphatic hydroxyl groups excluding tert-OH is 1. The molecule has 1 N–H and O–H groups in total. The number of carbonyl (C=O) groups excluding carboxylic acids is 1. The molecule has 2 aromatic heterocycles. The van der Waals surface area contributed by atoms with Crippen molar-refractivity contribution in [1.82, 2.24) is 19.2 Å². The van der Waals surface area contributed by atoms with Crippen molar-refractivity contribution in [1.29, 1.82) is 0 Å².